The molecule has 0 saturated heterocycles. The summed E-state index contributed by atoms with van der Waals surface area (Å²) >= 11 is 5.80. The number of rotatable bonds is 8. The minimum absolute atomic E-state index is 0.616. The average Bonchev–Trinajstić information content (AvgIpc) is 2.37. The van der Waals surface area contributed by atoms with E-state index in [1.807, 2.05) is 18.2 Å². The summed E-state index contributed by atoms with van der Waals surface area (Å²) in [5.41, 5.74) is 0. The number of alkyl halides is 1. The quantitative estimate of drug-likeness (QED) is 0.723. The van der Waals surface area contributed by atoms with Crippen molar-refractivity contribution in [2.45, 2.75) is 26.2 Å². The molecule has 1 unspecified atom stereocenters. The first kappa shape index (κ1) is 14.1. The highest BCUT2D eigenvalue weighted by Gasteiger charge is 2.07. The van der Waals surface area contributed by atoms with E-state index in [4.69, 9.17) is 16.3 Å². The van der Waals surface area contributed by atoms with E-state index in [1.165, 1.54) is 12.8 Å². The maximum absolute atomic E-state index is 5.80. The minimum Gasteiger partial charge on any atom is -0.481 e. The van der Waals surface area contributed by atoms with Crippen LogP contribution in [0, 0.1) is 5.92 Å². The van der Waals surface area contributed by atoms with Gasteiger partial charge in [-0.3, -0.25) is 0 Å². The zero-order chi connectivity index (χ0) is 12.5. The Kier molecular flexibility index (Phi) is 6.78. The second-order valence-electron chi connectivity index (χ2n) is 4.08. The maximum atomic E-state index is 5.80. The topological polar surface area (TPSA) is 34.1 Å². The van der Waals surface area contributed by atoms with Crippen LogP contribution in [0.1, 0.15) is 26.2 Å². The van der Waals surface area contributed by atoms with Crippen LogP contribution in [0.2, 0.25) is 0 Å². The van der Waals surface area contributed by atoms with Crippen molar-refractivity contribution < 1.29 is 4.74 Å². The second kappa shape index (κ2) is 8.18. The summed E-state index contributed by atoms with van der Waals surface area (Å²) in [6, 6.07) is 5.73. The SMILES string of the molecule is CCCC(CCCl)CNc1cccc(OC)n1. The molecule has 0 aliphatic rings. The van der Waals surface area contributed by atoms with Gasteiger partial charge < -0.3 is 10.1 Å². The Balaban J connectivity index is 2.46. The van der Waals surface area contributed by atoms with Crippen molar-refractivity contribution in [2.75, 3.05) is 24.9 Å². The molecule has 3 nitrogen and oxygen atoms in total. The van der Waals surface area contributed by atoms with Crippen LogP contribution in [0.5, 0.6) is 5.88 Å². The van der Waals surface area contributed by atoms with Crippen molar-refractivity contribution in [1.29, 1.82) is 0 Å². The van der Waals surface area contributed by atoms with Gasteiger partial charge in [0.05, 0.1) is 7.11 Å². The number of anilines is 1. The number of nitrogens with zero attached hydrogens (tertiary/aromatic N) is 1. The monoisotopic (exact) mass is 256 g/mol. The number of halogens is 1. The standard InChI is InChI=1S/C13H21ClN2O/c1-3-5-11(8-9-14)10-15-12-6-4-7-13(16-12)17-2/h4,6-7,11H,3,5,8-10H2,1-2H3,(H,15,16). The van der Waals surface area contributed by atoms with E-state index >= 15 is 0 Å². The van der Waals surface area contributed by atoms with E-state index in [-0.39, 0.29) is 0 Å². The second-order valence-corrected chi connectivity index (χ2v) is 4.46. The van der Waals surface area contributed by atoms with E-state index in [0.29, 0.717) is 11.8 Å². The Morgan fingerprint density at radius 1 is 1.41 bits per heavy atom. The van der Waals surface area contributed by atoms with Crippen LogP contribution in [-0.2, 0) is 0 Å². The summed E-state index contributed by atoms with van der Waals surface area (Å²) in [6.07, 6.45) is 3.44. The average molecular weight is 257 g/mol. The third kappa shape index (κ3) is 5.26. The zero-order valence-electron chi connectivity index (χ0n) is 10.6. The number of ether oxygens (including phenoxy) is 1. The molecule has 4 heteroatoms. The van der Waals surface area contributed by atoms with Crippen molar-refractivity contribution in [2.24, 2.45) is 5.92 Å². The summed E-state index contributed by atoms with van der Waals surface area (Å²) in [4.78, 5) is 4.32. The van der Waals surface area contributed by atoms with Gasteiger partial charge in [-0.25, -0.2) is 0 Å². The molecule has 1 atom stereocenters. The third-order valence-corrected chi connectivity index (χ3v) is 2.94. The smallest absolute Gasteiger partial charge is 0.214 e. The Morgan fingerprint density at radius 2 is 2.24 bits per heavy atom. The molecule has 0 bridgehead atoms. The molecular weight excluding hydrogens is 236 g/mol. The van der Waals surface area contributed by atoms with Crippen molar-refractivity contribution >= 4 is 17.4 Å². The summed E-state index contributed by atoms with van der Waals surface area (Å²) in [6.45, 7) is 3.12. The van der Waals surface area contributed by atoms with Gasteiger partial charge in [-0.15, -0.1) is 11.6 Å². The maximum Gasteiger partial charge on any atom is 0.214 e. The molecule has 0 aliphatic heterocycles. The van der Waals surface area contributed by atoms with Crippen LogP contribution in [0.15, 0.2) is 18.2 Å². The van der Waals surface area contributed by atoms with Crippen LogP contribution in [0.25, 0.3) is 0 Å². The number of methoxy groups -OCH3 is 1. The highest BCUT2D eigenvalue weighted by atomic mass is 35.5. The highest BCUT2D eigenvalue weighted by molar-refractivity contribution is 6.17. The normalized spacial score (nSPS) is 12.2. The summed E-state index contributed by atoms with van der Waals surface area (Å²) in [5, 5.41) is 3.34. The van der Waals surface area contributed by atoms with Gasteiger partial charge in [-0.05, 0) is 24.8 Å². The Hall–Kier alpha value is -0.960. The van der Waals surface area contributed by atoms with Crippen LogP contribution in [-0.4, -0.2) is 24.5 Å². The first-order valence-corrected chi connectivity index (χ1v) is 6.64. The lowest BCUT2D eigenvalue weighted by molar-refractivity contribution is 0.398. The van der Waals surface area contributed by atoms with Crippen molar-refractivity contribution in [3.63, 3.8) is 0 Å². The molecule has 17 heavy (non-hydrogen) atoms. The lowest BCUT2D eigenvalue weighted by atomic mass is 10.0. The predicted molar refractivity (Wildman–Crippen MR) is 73.0 cm³/mol. The fourth-order valence-corrected chi connectivity index (χ4v) is 2.10. The summed E-state index contributed by atoms with van der Waals surface area (Å²) in [7, 11) is 1.62. The van der Waals surface area contributed by atoms with Crippen molar-refractivity contribution in [1.82, 2.24) is 4.98 Å². The van der Waals surface area contributed by atoms with E-state index < -0.39 is 0 Å². The number of aromatic nitrogens is 1. The molecule has 0 spiro atoms. The molecule has 0 amide bonds. The number of hydrogen-bond acceptors (Lipinski definition) is 3. The van der Waals surface area contributed by atoms with Crippen LogP contribution >= 0.6 is 11.6 Å². The van der Waals surface area contributed by atoms with Gasteiger partial charge in [0.15, 0.2) is 0 Å². The van der Waals surface area contributed by atoms with Gasteiger partial charge in [0.25, 0.3) is 0 Å². The van der Waals surface area contributed by atoms with Crippen LogP contribution in [0.3, 0.4) is 0 Å². The number of nitrogens with one attached hydrogen (secondary N) is 1. The fraction of sp³-hybridized carbons (Fsp3) is 0.615. The first-order valence-electron chi connectivity index (χ1n) is 6.11. The first-order chi connectivity index (χ1) is 8.30. The molecule has 96 valence electrons. The fourth-order valence-electron chi connectivity index (χ4n) is 1.79. The van der Waals surface area contributed by atoms with E-state index in [2.05, 4.69) is 17.2 Å². The summed E-state index contributed by atoms with van der Waals surface area (Å²) < 4.78 is 5.08. The van der Waals surface area contributed by atoms with Gasteiger partial charge >= 0.3 is 0 Å². The van der Waals surface area contributed by atoms with Gasteiger partial charge in [0.2, 0.25) is 5.88 Å². The van der Waals surface area contributed by atoms with E-state index in [1.54, 1.807) is 7.11 Å². The molecule has 0 aromatic carbocycles. The van der Waals surface area contributed by atoms with Gasteiger partial charge in [0, 0.05) is 18.5 Å². The Morgan fingerprint density at radius 3 is 2.88 bits per heavy atom. The number of hydrogen-bond donors (Lipinski definition) is 1. The molecule has 1 aromatic heterocycles. The molecule has 1 aromatic rings. The predicted octanol–water partition coefficient (Wildman–Crippen LogP) is 3.55. The lowest BCUT2D eigenvalue weighted by Gasteiger charge is -2.16. The largest absolute Gasteiger partial charge is 0.481 e. The van der Waals surface area contributed by atoms with Crippen molar-refractivity contribution in [3.05, 3.63) is 18.2 Å². The highest BCUT2D eigenvalue weighted by Crippen LogP contribution is 2.15. The van der Waals surface area contributed by atoms with Gasteiger partial charge in [-0.2, -0.15) is 4.98 Å². The molecule has 0 saturated carbocycles. The van der Waals surface area contributed by atoms with Crippen LogP contribution < -0.4 is 10.1 Å². The van der Waals surface area contributed by atoms with Gasteiger partial charge in [-0.1, -0.05) is 19.4 Å². The van der Waals surface area contributed by atoms with E-state index in [0.717, 1.165) is 24.7 Å². The molecule has 0 radical (unpaired) electrons. The van der Waals surface area contributed by atoms with E-state index in [9.17, 15) is 0 Å². The third-order valence-electron chi connectivity index (χ3n) is 2.72. The molecule has 0 fully saturated rings. The van der Waals surface area contributed by atoms with Gasteiger partial charge in [0.1, 0.15) is 5.82 Å². The lowest BCUT2D eigenvalue weighted by Crippen LogP contribution is -2.15. The minimum atomic E-state index is 0.616. The molecule has 1 heterocycles. The zero-order valence-corrected chi connectivity index (χ0v) is 11.3. The molecule has 0 aliphatic carbocycles. The molecular formula is C13H21ClN2O. The van der Waals surface area contributed by atoms with Crippen molar-refractivity contribution in [3.8, 4) is 5.88 Å². The number of pyridine rings is 1. The molecule has 1 rings (SSSR count). The Labute approximate surface area is 109 Å². The molecule has 1 N–H and O–H groups in total. The summed E-state index contributed by atoms with van der Waals surface area (Å²) in [5.74, 6) is 2.84. The Bertz CT molecular complexity index is 314. The van der Waals surface area contributed by atoms with Crippen LogP contribution in [0.4, 0.5) is 5.82 Å².